The van der Waals surface area contributed by atoms with Crippen molar-refractivity contribution in [3.63, 3.8) is 0 Å². The fraction of sp³-hybridized carbons (Fsp3) is 0.500. The zero-order valence-electron chi connectivity index (χ0n) is 12.3. The zero-order chi connectivity index (χ0) is 14.8. The average molecular weight is 305 g/mol. The van der Waals surface area contributed by atoms with Gasteiger partial charge in [-0.1, -0.05) is 0 Å². The summed E-state index contributed by atoms with van der Waals surface area (Å²) in [6.45, 7) is 8.59. The maximum Gasteiger partial charge on any atom is 0.286 e. The quantitative estimate of drug-likeness (QED) is 0.829. The Kier molecular flexibility index (Phi) is 4.12. The lowest BCUT2D eigenvalue weighted by atomic mass is 10.2. The highest BCUT2D eigenvalue weighted by Crippen LogP contribution is 2.30. The Morgan fingerprint density at radius 2 is 2.19 bits per heavy atom. The minimum absolute atomic E-state index is 0.141. The minimum Gasteiger partial charge on any atom is -0.348 e. The van der Waals surface area contributed by atoms with E-state index >= 15 is 0 Å². The van der Waals surface area contributed by atoms with Gasteiger partial charge >= 0.3 is 0 Å². The molecule has 6 nitrogen and oxygen atoms in total. The summed E-state index contributed by atoms with van der Waals surface area (Å²) >= 11 is 1.47. The van der Waals surface area contributed by atoms with Gasteiger partial charge in [0.1, 0.15) is 0 Å². The van der Waals surface area contributed by atoms with Crippen LogP contribution in [0.3, 0.4) is 0 Å². The van der Waals surface area contributed by atoms with Gasteiger partial charge in [0.15, 0.2) is 5.17 Å². The van der Waals surface area contributed by atoms with Crippen LogP contribution in [-0.4, -0.2) is 51.9 Å². The second-order valence-electron chi connectivity index (χ2n) is 5.05. The largest absolute Gasteiger partial charge is 0.348 e. The highest BCUT2D eigenvalue weighted by Gasteiger charge is 2.27. The molecule has 7 heteroatoms. The molecule has 0 bridgehead atoms. The summed E-state index contributed by atoms with van der Waals surface area (Å²) in [4.78, 5) is 19.1. The number of nitrogens with zero attached hydrogens (tertiary/aromatic N) is 4. The predicted octanol–water partition coefficient (Wildman–Crippen LogP) is 1.09. The number of thioether (sulfide) groups is 1. The molecule has 0 saturated carbocycles. The summed E-state index contributed by atoms with van der Waals surface area (Å²) in [6, 6.07) is 0. The molecule has 2 aliphatic heterocycles. The highest BCUT2D eigenvalue weighted by molar-refractivity contribution is 8.18. The Morgan fingerprint density at radius 1 is 1.43 bits per heavy atom. The van der Waals surface area contributed by atoms with Crippen LogP contribution in [0.2, 0.25) is 0 Å². The Labute approximate surface area is 128 Å². The lowest BCUT2D eigenvalue weighted by Crippen LogP contribution is -2.45. The molecule has 1 N–H and O–H groups in total. The molecule has 3 rings (SSSR count). The van der Waals surface area contributed by atoms with Gasteiger partial charge in [0.2, 0.25) is 0 Å². The third-order valence-corrected chi connectivity index (χ3v) is 4.77. The van der Waals surface area contributed by atoms with Gasteiger partial charge in [0.05, 0.1) is 11.1 Å². The first-order chi connectivity index (χ1) is 10.2. The lowest BCUT2D eigenvalue weighted by molar-refractivity contribution is -0.113. The molecule has 1 saturated heterocycles. The van der Waals surface area contributed by atoms with Crippen molar-refractivity contribution in [3.8, 4) is 0 Å². The number of nitrogens with one attached hydrogen (secondary N) is 1. The van der Waals surface area contributed by atoms with E-state index < -0.39 is 0 Å². The third-order valence-electron chi connectivity index (χ3n) is 3.72. The van der Waals surface area contributed by atoms with Crippen molar-refractivity contribution in [3.05, 3.63) is 22.4 Å². The molecule has 0 spiro atoms. The lowest BCUT2D eigenvalue weighted by Gasteiger charge is -2.27. The van der Waals surface area contributed by atoms with Crippen molar-refractivity contribution in [1.29, 1.82) is 0 Å². The van der Waals surface area contributed by atoms with Crippen LogP contribution in [0.15, 0.2) is 16.1 Å². The van der Waals surface area contributed by atoms with Gasteiger partial charge in [-0.2, -0.15) is 10.1 Å². The maximum atomic E-state index is 12.1. The van der Waals surface area contributed by atoms with E-state index in [1.807, 2.05) is 23.9 Å². The standard InChI is InChI=1S/C14H19N5OS/c1-3-19-10(2)11(9-16-19)8-12-13(20)17-14(21-12)18-6-4-15-5-7-18/h8-9,15H,3-7H2,1-2H3/b12-8-. The van der Waals surface area contributed by atoms with Crippen LogP contribution >= 0.6 is 11.8 Å². The SMILES string of the molecule is CCn1ncc(/C=C2\SC(N3CCNCC3)=NC2=O)c1C. The van der Waals surface area contributed by atoms with Crippen molar-refractivity contribution in [2.45, 2.75) is 20.4 Å². The van der Waals surface area contributed by atoms with E-state index in [0.717, 1.165) is 49.1 Å². The monoisotopic (exact) mass is 305 g/mol. The highest BCUT2D eigenvalue weighted by atomic mass is 32.2. The van der Waals surface area contributed by atoms with Crippen LogP contribution in [0.5, 0.6) is 0 Å². The molecule has 0 aromatic carbocycles. The molecule has 0 unspecified atom stereocenters. The number of hydrogen-bond acceptors (Lipinski definition) is 5. The van der Waals surface area contributed by atoms with Crippen molar-refractivity contribution in [2.75, 3.05) is 26.2 Å². The van der Waals surface area contributed by atoms with E-state index in [4.69, 9.17) is 0 Å². The number of hydrogen-bond donors (Lipinski definition) is 1. The van der Waals surface area contributed by atoms with E-state index in [2.05, 4.69) is 27.2 Å². The molecule has 21 heavy (non-hydrogen) atoms. The number of aromatic nitrogens is 2. The molecular weight excluding hydrogens is 286 g/mol. The van der Waals surface area contributed by atoms with Crippen molar-refractivity contribution >= 4 is 28.9 Å². The summed E-state index contributed by atoms with van der Waals surface area (Å²) in [5.74, 6) is -0.141. The number of rotatable bonds is 2. The van der Waals surface area contributed by atoms with Gasteiger partial charge in [-0.25, -0.2) is 0 Å². The van der Waals surface area contributed by atoms with E-state index in [9.17, 15) is 4.79 Å². The third kappa shape index (κ3) is 2.89. The summed E-state index contributed by atoms with van der Waals surface area (Å²) in [5.41, 5.74) is 2.07. The number of carbonyl (C=O) groups excluding carboxylic acids is 1. The maximum absolute atomic E-state index is 12.1. The minimum atomic E-state index is -0.141. The number of aliphatic imine (C=N–C) groups is 1. The predicted molar refractivity (Wildman–Crippen MR) is 85.1 cm³/mol. The average Bonchev–Trinajstić information content (AvgIpc) is 3.05. The Hall–Kier alpha value is -1.60. The molecule has 2 aliphatic rings. The summed E-state index contributed by atoms with van der Waals surface area (Å²) in [7, 11) is 0. The van der Waals surface area contributed by atoms with Crippen LogP contribution in [0.25, 0.3) is 6.08 Å². The van der Waals surface area contributed by atoms with E-state index in [0.29, 0.717) is 4.91 Å². The normalized spacial score (nSPS) is 21.2. The van der Waals surface area contributed by atoms with E-state index in [1.165, 1.54) is 11.8 Å². The van der Waals surface area contributed by atoms with Crippen LogP contribution in [-0.2, 0) is 11.3 Å². The molecule has 0 aliphatic carbocycles. The van der Waals surface area contributed by atoms with Crippen LogP contribution in [0.4, 0.5) is 0 Å². The molecular formula is C14H19N5OS. The summed E-state index contributed by atoms with van der Waals surface area (Å²) in [6.07, 6.45) is 3.71. The molecule has 1 aromatic heterocycles. The van der Waals surface area contributed by atoms with Crippen LogP contribution < -0.4 is 5.32 Å². The van der Waals surface area contributed by atoms with Crippen molar-refractivity contribution in [1.82, 2.24) is 20.0 Å². The smallest absolute Gasteiger partial charge is 0.286 e. The number of aryl methyl sites for hydroxylation is 1. The molecule has 1 fully saturated rings. The first kappa shape index (κ1) is 14.3. The van der Waals surface area contributed by atoms with E-state index in [1.54, 1.807) is 0 Å². The fourth-order valence-corrected chi connectivity index (χ4v) is 3.41. The molecule has 1 aromatic rings. The van der Waals surface area contributed by atoms with E-state index in [-0.39, 0.29) is 5.91 Å². The molecule has 0 atom stereocenters. The Balaban J connectivity index is 1.77. The second-order valence-corrected chi connectivity index (χ2v) is 6.06. The van der Waals surface area contributed by atoms with Crippen molar-refractivity contribution in [2.24, 2.45) is 4.99 Å². The number of piperazine rings is 1. The topological polar surface area (TPSA) is 62.5 Å². The Morgan fingerprint density at radius 3 is 2.86 bits per heavy atom. The van der Waals surface area contributed by atoms with Crippen molar-refractivity contribution < 1.29 is 4.79 Å². The first-order valence-corrected chi connectivity index (χ1v) is 8.01. The van der Waals surface area contributed by atoms with Gasteiger partial charge < -0.3 is 10.2 Å². The van der Waals surface area contributed by atoms with Crippen LogP contribution in [0.1, 0.15) is 18.2 Å². The Bertz CT molecular complexity index is 613. The summed E-state index contributed by atoms with van der Waals surface area (Å²) in [5, 5.41) is 8.43. The van der Waals surface area contributed by atoms with Gasteiger partial charge in [0.25, 0.3) is 5.91 Å². The van der Waals surface area contributed by atoms with Gasteiger partial charge in [0, 0.05) is 44.0 Å². The molecule has 0 radical (unpaired) electrons. The molecule has 3 heterocycles. The van der Waals surface area contributed by atoms with Crippen LogP contribution in [0, 0.1) is 6.92 Å². The fourth-order valence-electron chi connectivity index (χ4n) is 2.45. The molecule has 112 valence electrons. The van der Waals surface area contributed by atoms with Gasteiger partial charge in [-0.3, -0.25) is 9.48 Å². The summed E-state index contributed by atoms with van der Waals surface area (Å²) < 4.78 is 1.93. The van der Waals surface area contributed by atoms with Gasteiger partial charge in [-0.05, 0) is 31.7 Å². The number of carbonyl (C=O) groups is 1. The zero-order valence-corrected chi connectivity index (χ0v) is 13.1. The second kappa shape index (κ2) is 6.03. The van der Waals surface area contributed by atoms with Gasteiger partial charge in [-0.15, -0.1) is 0 Å². The first-order valence-electron chi connectivity index (χ1n) is 7.19. The number of amidine groups is 1. The molecule has 1 amide bonds. The number of amides is 1.